The summed E-state index contributed by atoms with van der Waals surface area (Å²) in [6, 6.07) is 0. The summed E-state index contributed by atoms with van der Waals surface area (Å²) >= 11 is 0. The van der Waals surface area contributed by atoms with Crippen LogP contribution in [0.4, 0.5) is 0 Å². The zero-order chi connectivity index (χ0) is 25.8. The highest BCUT2D eigenvalue weighted by Crippen LogP contribution is 2.67. The van der Waals surface area contributed by atoms with E-state index in [0.29, 0.717) is 19.3 Å². The number of carbonyl (C=O) groups excluding carboxylic acids is 3. The highest BCUT2D eigenvalue weighted by atomic mass is 16.5. The minimum Gasteiger partial charge on any atom is -0.481 e. The van der Waals surface area contributed by atoms with Crippen molar-refractivity contribution in [3.05, 3.63) is 11.6 Å². The lowest BCUT2D eigenvalue weighted by Crippen LogP contribution is -2.63. The van der Waals surface area contributed by atoms with E-state index in [2.05, 4.69) is 6.92 Å². The van der Waals surface area contributed by atoms with Gasteiger partial charge in [0.25, 0.3) is 0 Å². The molecule has 0 aromatic heterocycles. The average Bonchev–Trinajstić information content (AvgIpc) is 3.03. The molecule has 1 unspecified atom stereocenters. The van der Waals surface area contributed by atoms with Gasteiger partial charge in [0.05, 0.1) is 6.10 Å². The number of carbonyl (C=O) groups is 4. The summed E-state index contributed by atoms with van der Waals surface area (Å²) in [6.45, 7) is 5.22. The van der Waals surface area contributed by atoms with Crippen molar-refractivity contribution in [1.82, 2.24) is 0 Å². The number of carboxylic acids is 1. The van der Waals surface area contributed by atoms with E-state index in [9.17, 15) is 29.4 Å². The summed E-state index contributed by atoms with van der Waals surface area (Å²) in [4.78, 5) is 48.5. The van der Waals surface area contributed by atoms with Crippen molar-refractivity contribution in [2.24, 2.45) is 28.6 Å². The smallest absolute Gasteiger partial charge is 0.303 e. The van der Waals surface area contributed by atoms with Gasteiger partial charge in [-0.05, 0) is 80.6 Å². The van der Waals surface area contributed by atoms with Crippen molar-refractivity contribution >= 4 is 23.5 Å². The van der Waals surface area contributed by atoms with E-state index in [1.165, 1.54) is 6.92 Å². The Balaban J connectivity index is 1.62. The van der Waals surface area contributed by atoms with E-state index in [4.69, 9.17) is 9.84 Å². The predicted molar refractivity (Wildman–Crippen MR) is 125 cm³/mol. The number of aliphatic carboxylic acids is 1. The number of fused-ring (bicyclic) bond motifs is 5. The highest BCUT2D eigenvalue weighted by Gasteiger charge is 2.69. The number of aliphatic hydroxyl groups excluding tert-OH is 1. The number of rotatable bonds is 7. The molecule has 0 aliphatic heterocycles. The fourth-order valence-corrected chi connectivity index (χ4v) is 8.25. The quantitative estimate of drug-likeness (QED) is 0.463. The lowest BCUT2D eigenvalue weighted by molar-refractivity contribution is -0.189. The first-order chi connectivity index (χ1) is 16.3. The molecule has 3 fully saturated rings. The van der Waals surface area contributed by atoms with E-state index in [1.54, 1.807) is 6.08 Å². The Bertz CT molecular complexity index is 955. The zero-order valence-electron chi connectivity index (χ0n) is 20.9. The molecule has 0 saturated heterocycles. The van der Waals surface area contributed by atoms with E-state index in [0.717, 1.165) is 18.4 Å². The average molecular weight is 491 g/mol. The van der Waals surface area contributed by atoms with Crippen molar-refractivity contribution in [3.63, 3.8) is 0 Å². The van der Waals surface area contributed by atoms with E-state index < -0.39 is 40.9 Å². The molecule has 8 heteroatoms. The molecule has 4 rings (SSSR count). The molecule has 3 N–H and O–H groups in total. The number of allylic oxidation sites excluding steroid dienone is 1. The Labute approximate surface area is 206 Å². The first kappa shape index (κ1) is 26.0. The van der Waals surface area contributed by atoms with Gasteiger partial charge in [0.2, 0.25) is 5.78 Å². The van der Waals surface area contributed by atoms with Crippen LogP contribution in [0.15, 0.2) is 11.6 Å². The van der Waals surface area contributed by atoms with Crippen molar-refractivity contribution in [2.75, 3.05) is 0 Å². The molecule has 0 spiro atoms. The Morgan fingerprint density at radius 1 is 1.17 bits per heavy atom. The molecule has 0 aromatic carbocycles. The zero-order valence-corrected chi connectivity index (χ0v) is 20.9. The fraction of sp³-hybridized carbons (Fsp3) is 0.778. The lowest BCUT2D eigenvalue weighted by Gasteiger charge is -2.60. The molecule has 8 atom stereocenters. The third-order valence-corrected chi connectivity index (χ3v) is 9.91. The van der Waals surface area contributed by atoms with Gasteiger partial charge in [-0.3, -0.25) is 19.2 Å². The Morgan fingerprint density at radius 2 is 1.89 bits per heavy atom. The third-order valence-electron chi connectivity index (χ3n) is 9.91. The topological polar surface area (TPSA) is 138 Å². The molecule has 0 radical (unpaired) electrons. The molecule has 4 aliphatic carbocycles. The maximum absolute atomic E-state index is 13.7. The fourth-order valence-electron chi connectivity index (χ4n) is 8.25. The Hall–Kier alpha value is -2.06. The molecule has 194 valence electrons. The number of aliphatic hydroxyl groups is 2. The second kappa shape index (κ2) is 9.11. The first-order valence-electron chi connectivity index (χ1n) is 12.9. The van der Waals surface area contributed by atoms with Crippen LogP contribution < -0.4 is 0 Å². The molecule has 3 saturated carbocycles. The molecule has 0 bridgehead atoms. The predicted octanol–water partition coefficient (Wildman–Crippen LogP) is 2.98. The van der Waals surface area contributed by atoms with Crippen LogP contribution in [-0.4, -0.2) is 56.6 Å². The van der Waals surface area contributed by atoms with E-state index in [-0.39, 0.29) is 61.1 Å². The van der Waals surface area contributed by atoms with Crippen LogP contribution in [0.1, 0.15) is 85.0 Å². The Morgan fingerprint density at radius 3 is 2.54 bits per heavy atom. The van der Waals surface area contributed by atoms with Crippen molar-refractivity contribution in [2.45, 2.75) is 103 Å². The number of hydrogen-bond donors (Lipinski definition) is 3. The monoisotopic (exact) mass is 490 g/mol. The maximum atomic E-state index is 13.7. The van der Waals surface area contributed by atoms with Gasteiger partial charge in [-0.15, -0.1) is 0 Å². The number of hydrogen-bond acceptors (Lipinski definition) is 7. The Kier molecular flexibility index (Phi) is 6.77. The van der Waals surface area contributed by atoms with Gasteiger partial charge >= 0.3 is 11.9 Å². The van der Waals surface area contributed by atoms with Crippen LogP contribution in [0.2, 0.25) is 0 Å². The summed E-state index contributed by atoms with van der Waals surface area (Å²) < 4.78 is 5.28. The van der Waals surface area contributed by atoms with Crippen LogP contribution in [0.5, 0.6) is 0 Å². The normalized spacial score (nSPS) is 41.2. The van der Waals surface area contributed by atoms with Crippen molar-refractivity contribution in [1.29, 1.82) is 0 Å². The lowest BCUT2D eigenvalue weighted by atomic mass is 9.45. The highest BCUT2D eigenvalue weighted by molar-refractivity contribution is 5.94. The van der Waals surface area contributed by atoms with Crippen LogP contribution >= 0.6 is 0 Å². The van der Waals surface area contributed by atoms with Gasteiger partial charge in [-0.25, -0.2) is 0 Å². The molecule has 0 heterocycles. The molecule has 4 aliphatic rings. The summed E-state index contributed by atoms with van der Waals surface area (Å²) in [5.74, 6) is -2.01. The van der Waals surface area contributed by atoms with Crippen LogP contribution in [0.3, 0.4) is 0 Å². The number of esters is 1. The molecule has 35 heavy (non-hydrogen) atoms. The first-order valence-corrected chi connectivity index (χ1v) is 12.9. The maximum Gasteiger partial charge on any atom is 0.303 e. The van der Waals surface area contributed by atoms with Gasteiger partial charge < -0.3 is 20.1 Å². The summed E-state index contributed by atoms with van der Waals surface area (Å²) in [5.41, 5.74) is -1.81. The third kappa shape index (κ3) is 4.16. The van der Waals surface area contributed by atoms with E-state index in [1.807, 2.05) is 6.92 Å². The minimum atomic E-state index is -1.77. The molecular formula is C27H38O8. The second-order valence-electron chi connectivity index (χ2n) is 11.7. The minimum absolute atomic E-state index is 0.0119. The standard InChI is InChI=1S/C27H38O8/c1-15(28)35-21(5-4-6-22(31)32)24(33)27(34)12-10-19-18-8-7-16-13-17(29)9-11-25(16,2)23(18)20(30)14-26(19,27)3/h13,18-21,23,30,34H,4-12,14H2,1-3H3,(H,31,32)/t18-,19-,20+,21?,23+,25-,26-,27-/m0/s1. The largest absolute Gasteiger partial charge is 0.481 e. The number of carboxylic acid groups (broad SMARTS) is 1. The summed E-state index contributed by atoms with van der Waals surface area (Å²) in [5, 5.41) is 32.4. The second-order valence-corrected chi connectivity index (χ2v) is 11.7. The van der Waals surface area contributed by atoms with Crippen LogP contribution in [0.25, 0.3) is 0 Å². The van der Waals surface area contributed by atoms with Gasteiger partial charge in [0.1, 0.15) is 5.60 Å². The molecule has 0 amide bonds. The van der Waals surface area contributed by atoms with Gasteiger partial charge in [0, 0.05) is 25.2 Å². The molecule has 0 aromatic rings. The van der Waals surface area contributed by atoms with Gasteiger partial charge in [0.15, 0.2) is 11.9 Å². The summed E-state index contributed by atoms with van der Waals surface area (Å²) in [6.07, 6.45) is 3.69. The number of ether oxygens (including phenoxy) is 1. The van der Waals surface area contributed by atoms with Crippen molar-refractivity contribution in [3.8, 4) is 0 Å². The van der Waals surface area contributed by atoms with Gasteiger partial charge in [-0.2, -0.15) is 0 Å². The van der Waals surface area contributed by atoms with Crippen LogP contribution in [0, 0.1) is 28.6 Å². The van der Waals surface area contributed by atoms with Gasteiger partial charge in [-0.1, -0.05) is 19.4 Å². The summed E-state index contributed by atoms with van der Waals surface area (Å²) in [7, 11) is 0. The number of Topliss-reactive ketones (excluding diaryl/α,β-unsaturated/α-hetero) is 1. The SMILES string of the molecule is CC(=O)OC(CCCC(=O)O)C(=O)[C@@]1(O)CC[C@H]2[C@@H]3CCC4=CC(=O)CC[C@]4(C)[C@H]3[C@H](O)C[C@@]21C. The molecular weight excluding hydrogens is 452 g/mol. The van der Waals surface area contributed by atoms with Crippen molar-refractivity contribution < 1.29 is 39.2 Å². The number of ketones is 2. The van der Waals surface area contributed by atoms with Crippen LogP contribution in [-0.2, 0) is 23.9 Å². The molecule has 8 nitrogen and oxygen atoms in total. The van der Waals surface area contributed by atoms with E-state index >= 15 is 0 Å².